The predicted octanol–water partition coefficient (Wildman–Crippen LogP) is 8.26. The predicted molar refractivity (Wildman–Crippen MR) is 195 cm³/mol. The zero-order chi connectivity index (χ0) is 35.2. The van der Waals surface area contributed by atoms with Crippen LogP contribution in [0.5, 0.6) is 0 Å². The average molecular weight is 713 g/mol. The lowest BCUT2D eigenvalue weighted by atomic mass is 9.98. The maximum absolute atomic E-state index is 13.9. The van der Waals surface area contributed by atoms with Gasteiger partial charge < -0.3 is 15.5 Å². The van der Waals surface area contributed by atoms with Gasteiger partial charge in [0.25, 0.3) is 0 Å². The van der Waals surface area contributed by atoms with Gasteiger partial charge in [0, 0.05) is 59.6 Å². The number of amides is 1. The van der Waals surface area contributed by atoms with Gasteiger partial charge in [0.15, 0.2) is 0 Å². The number of fused-ring (bicyclic) bond motifs is 1. The fraction of sp³-hybridized carbons (Fsp3) is 0.324. The molecule has 1 atom stereocenters. The van der Waals surface area contributed by atoms with E-state index in [4.69, 9.17) is 23.2 Å². The van der Waals surface area contributed by atoms with Crippen molar-refractivity contribution in [2.45, 2.75) is 57.7 Å². The summed E-state index contributed by atoms with van der Waals surface area (Å²) in [5.74, 6) is -0.465. The quantitative estimate of drug-likeness (QED) is 0.155. The van der Waals surface area contributed by atoms with Crippen LogP contribution in [0.4, 0.5) is 27.1 Å². The first-order valence-corrected chi connectivity index (χ1v) is 17.3. The van der Waals surface area contributed by atoms with Crippen LogP contribution in [0.2, 0.25) is 10.0 Å². The summed E-state index contributed by atoms with van der Waals surface area (Å²) in [4.78, 5) is 21.3. The molecule has 10 nitrogen and oxygen atoms in total. The van der Waals surface area contributed by atoms with Gasteiger partial charge in [-0.05, 0) is 81.6 Å². The van der Waals surface area contributed by atoms with Crippen molar-refractivity contribution in [2.24, 2.45) is 0 Å². The number of carbonyl (C=O) groups is 1. The van der Waals surface area contributed by atoms with Crippen LogP contribution in [0.15, 0.2) is 67.0 Å². The lowest BCUT2D eigenvalue weighted by Crippen LogP contribution is -2.46. The van der Waals surface area contributed by atoms with E-state index in [-0.39, 0.29) is 28.1 Å². The maximum Gasteiger partial charge on any atom is 0.228 e. The van der Waals surface area contributed by atoms with E-state index in [0.717, 1.165) is 37.2 Å². The van der Waals surface area contributed by atoms with Crippen LogP contribution >= 0.6 is 23.2 Å². The molecule has 2 aromatic heterocycles. The normalized spacial score (nSPS) is 16.3. The highest BCUT2D eigenvalue weighted by Crippen LogP contribution is 2.39. The monoisotopic (exact) mass is 711 g/mol. The van der Waals surface area contributed by atoms with E-state index in [1.807, 2.05) is 35.1 Å². The molecule has 4 heterocycles. The van der Waals surface area contributed by atoms with Crippen LogP contribution in [0.25, 0.3) is 10.9 Å². The molecule has 0 aliphatic carbocycles. The number of hydrogen-bond donors (Lipinski definition) is 2. The van der Waals surface area contributed by atoms with Crippen molar-refractivity contribution < 1.29 is 9.18 Å². The van der Waals surface area contributed by atoms with Crippen molar-refractivity contribution in [3.05, 3.63) is 99.7 Å². The lowest BCUT2D eigenvalue weighted by molar-refractivity contribution is -0.122. The van der Waals surface area contributed by atoms with E-state index in [9.17, 15) is 14.4 Å². The Morgan fingerprint density at radius 3 is 2.54 bits per heavy atom. The number of hydrogen-bond acceptors (Lipinski definition) is 8. The van der Waals surface area contributed by atoms with Crippen LogP contribution < -0.4 is 15.5 Å². The van der Waals surface area contributed by atoms with Gasteiger partial charge in [0.2, 0.25) is 5.91 Å². The molecule has 5 aromatic rings. The third-order valence-corrected chi connectivity index (χ3v) is 10.0. The fourth-order valence-electron chi connectivity index (χ4n) is 6.66. The van der Waals surface area contributed by atoms with E-state index in [2.05, 4.69) is 57.7 Å². The highest BCUT2D eigenvalue weighted by atomic mass is 35.5. The SMILES string of the molecule is CC(C)(C)N1CCC(n2cc([C@@H](Nc3cc(Cl)cc4c(Nc5ccc(F)c(Cl)c5)c(C#N)cnc34)c3cccc(N4CCC4=O)c3)nn2)CC1. The topological polar surface area (TPSA) is 115 Å². The molecule has 2 aliphatic rings. The van der Waals surface area contributed by atoms with Crippen LogP contribution in [-0.4, -0.2) is 56.0 Å². The van der Waals surface area contributed by atoms with E-state index >= 15 is 0 Å². The Labute approximate surface area is 299 Å². The third kappa shape index (κ3) is 6.71. The third-order valence-electron chi connectivity index (χ3n) is 9.52. The number of halogens is 3. The molecule has 0 saturated carbocycles. The zero-order valence-corrected chi connectivity index (χ0v) is 29.4. The second-order valence-electron chi connectivity index (χ2n) is 13.7. The molecular formula is C37H36Cl2FN9O. The molecule has 50 heavy (non-hydrogen) atoms. The molecule has 2 N–H and O–H groups in total. The van der Waals surface area contributed by atoms with E-state index in [1.54, 1.807) is 23.1 Å². The minimum absolute atomic E-state index is 0.0509. The number of β-lactam (4-membered cyclic amide) rings is 1. The molecule has 0 bridgehead atoms. The second-order valence-corrected chi connectivity index (χ2v) is 14.6. The number of likely N-dealkylation sites (tertiary alicyclic amines) is 1. The van der Waals surface area contributed by atoms with Crippen molar-refractivity contribution in [3.63, 3.8) is 0 Å². The molecule has 3 aromatic carbocycles. The average Bonchev–Trinajstić information content (AvgIpc) is 3.58. The number of carbonyl (C=O) groups excluding carboxylic acids is 1. The standard InChI is InChI=1S/C37H36Cl2FN9O/c1-37(2,3)47-12-9-26(10-13-47)49-21-32(45-46-49)35(22-5-4-6-27(15-22)48-14-11-33(48)50)44-31-17-24(38)16-28-34(23(19-41)20-42-36(28)31)43-25-7-8-30(40)29(39)18-25/h4-8,15-18,20-21,26,35,44H,9-14H2,1-3H3,(H,42,43)/t35-/m0/s1. The van der Waals surface area contributed by atoms with Crippen LogP contribution in [-0.2, 0) is 4.79 Å². The molecule has 0 unspecified atom stereocenters. The summed E-state index contributed by atoms with van der Waals surface area (Å²) in [6, 6.07) is 17.5. The van der Waals surface area contributed by atoms with Gasteiger partial charge in [-0.1, -0.05) is 40.5 Å². The summed E-state index contributed by atoms with van der Waals surface area (Å²) in [5.41, 5.74) is 4.85. The number of anilines is 4. The number of benzene rings is 3. The largest absolute Gasteiger partial charge is 0.371 e. The Morgan fingerprint density at radius 2 is 1.86 bits per heavy atom. The molecule has 13 heteroatoms. The molecule has 7 rings (SSSR count). The van der Waals surface area contributed by atoms with Crippen LogP contribution in [0, 0.1) is 17.1 Å². The molecular weight excluding hydrogens is 676 g/mol. The van der Waals surface area contributed by atoms with Gasteiger partial charge >= 0.3 is 0 Å². The maximum atomic E-state index is 13.9. The number of nitrogens with zero attached hydrogens (tertiary/aromatic N) is 7. The summed E-state index contributed by atoms with van der Waals surface area (Å²) in [5, 5.41) is 27.1. The minimum atomic E-state index is -0.548. The Balaban J connectivity index is 1.28. The molecule has 0 radical (unpaired) electrons. The highest BCUT2D eigenvalue weighted by Gasteiger charge is 2.30. The molecule has 2 saturated heterocycles. The van der Waals surface area contributed by atoms with Crippen LogP contribution in [0.1, 0.15) is 68.9 Å². The van der Waals surface area contributed by atoms with Crippen molar-refractivity contribution in [1.82, 2.24) is 24.9 Å². The first-order chi connectivity index (χ1) is 24.0. The van der Waals surface area contributed by atoms with Crippen molar-refractivity contribution in [1.29, 1.82) is 5.26 Å². The number of piperidine rings is 1. The Kier molecular flexibility index (Phi) is 9.11. The van der Waals surface area contributed by atoms with Gasteiger partial charge in [0.05, 0.1) is 45.8 Å². The van der Waals surface area contributed by atoms with Gasteiger partial charge in [-0.2, -0.15) is 5.26 Å². The summed E-state index contributed by atoms with van der Waals surface area (Å²) < 4.78 is 15.9. The molecule has 0 spiro atoms. The molecule has 2 aliphatic heterocycles. The lowest BCUT2D eigenvalue weighted by Gasteiger charge is -2.40. The Morgan fingerprint density at radius 1 is 1.06 bits per heavy atom. The first-order valence-electron chi connectivity index (χ1n) is 16.6. The van der Waals surface area contributed by atoms with Gasteiger partial charge in [-0.15, -0.1) is 5.10 Å². The first kappa shape index (κ1) is 33.7. The van der Waals surface area contributed by atoms with Gasteiger partial charge in [-0.3, -0.25) is 14.7 Å². The minimum Gasteiger partial charge on any atom is -0.371 e. The number of rotatable bonds is 8. The number of nitrogens with one attached hydrogen (secondary N) is 2. The van der Waals surface area contributed by atoms with E-state index in [0.29, 0.717) is 51.6 Å². The van der Waals surface area contributed by atoms with E-state index in [1.165, 1.54) is 18.3 Å². The van der Waals surface area contributed by atoms with Crippen molar-refractivity contribution in [3.8, 4) is 6.07 Å². The summed E-state index contributed by atoms with van der Waals surface area (Å²) >= 11 is 12.8. The Hall–Kier alpha value is -4.76. The molecule has 1 amide bonds. The van der Waals surface area contributed by atoms with Crippen molar-refractivity contribution >= 4 is 62.8 Å². The summed E-state index contributed by atoms with van der Waals surface area (Å²) in [6.45, 7) is 9.34. The Bertz CT molecular complexity index is 2130. The van der Waals surface area contributed by atoms with Crippen molar-refractivity contribution in [2.75, 3.05) is 35.2 Å². The second kappa shape index (κ2) is 13.5. The number of aromatic nitrogens is 4. The van der Waals surface area contributed by atoms with Crippen LogP contribution in [0.3, 0.4) is 0 Å². The van der Waals surface area contributed by atoms with E-state index < -0.39 is 11.9 Å². The molecule has 256 valence electrons. The summed E-state index contributed by atoms with van der Waals surface area (Å²) in [7, 11) is 0. The highest BCUT2D eigenvalue weighted by molar-refractivity contribution is 6.32. The smallest absolute Gasteiger partial charge is 0.228 e. The summed E-state index contributed by atoms with van der Waals surface area (Å²) in [6.07, 6.45) is 5.93. The molecule has 2 fully saturated rings. The van der Waals surface area contributed by atoms with Gasteiger partial charge in [0.1, 0.15) is 17.6 Å². The number of pyridine rings is 1. The zero-order valence-electron chi connectivity index (χ0n) is 27.9. The number of nitriles is 1. The van der Waals surface area contributed by atoms with Gasteiger partial charge in [-0.25, -0.2) is 9.07 Å². The fourth-order valence-corrected chi connectivity index (χ4v) is 7.06.